The van der Waals surface area contributed by atoms with Crippen LogP contribution in [0.15, 0.2) is 36.4 Å². The van der Waals surface area contributed by atoms with Crippen LogP contribution in [0.25, 0.3) is 0 Å². The largest absolute Gasteiger partial charge is 0.458 e. The lowest BCUT2D eigenvalue weighted by Gasteiger charge is -2.26. The molecular weight excluding hydrogens is 414 g/mol. The number of amides is 4. The highest BCUT2D eigenvalue weighted by Crippen LogP contribution is 2.19. The van der Waals surface area contributed by atoms with Crippen molar-refractivity contribution in [3.63, 3.8) is 0 Å². The van der Waals surface area contributed by atoms with E-state index in [1.165, 1.54) is 43.3 Å². The number of carbonyl (C=O) groups excluding carboxylic acids is 5. The second kappa shape index (κ2) is 9.76. The van der Waals surface area contributed by atoms with Crippen molar-refractivity contribution in [2.24, 2.45) is 5.92 Å². The molecule has 1 unspecified atom stereocenters. The molecule has 1 aromatic carbocycles. The lowest BCUT2D eigenvalue weighted by molar-refractivity contribution is -0.158. The van der Waals surface area contributed by atoms with Crippen LogP contribution in [0.2, 0.25) is 0 Å². The van der Waals surface area contributed by atoms with Gasteiger partial charge in [0.2, 0.25) is 5.91 Å². The van der Waals surface area contributed by atoms with Crippen molar-refractivity contribution in [3.05, 3.63) is 42.0 Å². The third-order valence-electron chi connectivity index (χ3n) is 4.55. The van der Waals surface area contributed by atoms with Gasteiger partial charge in [-0.25, -0.2) is 9.69 Å². The molecule has 1 aliphatic rings. The number of benzene rings is 1. The van der Waals surface area contributed by atoms with Gasteiger partial charge in [0.15, 0.2) is 0 Å². The molecule has 2 N–H and O–H groups in total. The van der Waals surface area contributed by atoms with Gasteiger partial charge < -0.3 is 15.4 Å². The summed E-state index contributed by atoms with van der Waals surface area (Å²) in [5, 5.41) is 5.25. The summed E-state index contributed by atoms with van der Waals surface area (Å²) in [5.41, 5.74) is -0.0980. The Morgan fingerprint density at radius 1 is 0.906 bits per heavy atom. The van der Waals surface area contributed by atoms with E-state index < -0.39 is 47.3 Å². The molecule has 9 heteroatoms. The fourth-order valence-corrected chi connectivity index (χ4v) is 2.93. The molecule has 0 bridgehead atoms. The Kier molecular flexibility index (Phi) is 7.56. The Morgan fingerprint density at radius 3 is 1.91 bits per heavy atom. The number of nitrogens with one attached hydrogen (secondary N) is 2. The standard InChI is InChI=1S/C23H29N3O6/c1-13(2)19(21(30)24-14(3)22(31)32-23(4,5)6)25-20(29)15-7-9-16(10-8-15)26-17(27)11-12-18(26)28/h7-14,19H,1-6H3,(H,24,30)(H,25,29)/t14?,19-/m0/s1. The molecule has 0 saturated heterocycles. The van der Waals surface area contributed by atoms with E-state index in [0.29, 0.717) is 5.69 Å². The van der Waals surface area contributed by atoms with E-state index in [2.05, 4.69) is 10.6 Å². The highest BCUT2D eigenvalue weighted by Gasteiger charge is 2.30. The molecule has 1 heterocycles. The summed E-state index contributed by atoms with van der Waals surface area (Å²) in [6.07, 6.45) is 2.35. The van der Waals surface area contributed by atoms with Crippen molar-refractivity contribution in [2.75, 3.05) is 4.90 Å². The van der Waals surface area contributed by atoms with Crippen molar-refractivity contribution in [2.45, 2.75) is 59.2 Å². The molecule has 0 spiro atoms. The molecule has 0 aromatic heterocycles. The van der Waals surface area contributed by atoms with E-state index in [1.54, 1.807) is 34.6 Å². The maximum atomic E-state index is 12.7. The van der Waals surface area contributed by atoms with Crippen molar-refractivity contribution in [3.8, 4) is 0 Å². The molecule has 0 aliphatic carbocycles. The highest BCUT2D eigenvalue weighted by atomic mass is 16.6. The number of esters is 1. The Balaban J connectivity index is 2.05. The summed E-state index contributed by atoms with van der Waals surface area (Å²) >= 11 is 0. The first-order valence-electron chi connectivity index (χ1n) is 10.3. The second-order valence-electron chi connectivity index (χ2n) is 8.85. The Bertz CT molecular complexity index is 925. The Labute approximate surface area is 187 Å². The van der Waals surface area contributed by atoms with Gasteiger partial charge in [0.1, 0.15) is 17.7 Å². The number of rotatable bonds is 7. The second-order valence-corrected chi connectivity index (χ2v) is 8.85. The fraction of sp³-hybridized carbons (Fsp3) is 0.435. The third-order valence-corrected chi connectivity index (χ3v) is 4.55. The quantitative estimate of drug-likeness (QED) is 0.489. The average molecular weight is 444 g/mol. The Morgan fingerprint density at radius 2 is 1.44 bits per heavy atom. The minimum Gasteiger partial charge on any atom is -0.458 e. The Hall–Kier alpha value is -3.49. The molecule has 4 amide bonds. The average Bonchev–Trinajstić information content (AvgIpc) is 3.02. The zero-order valence-corrected chi connectivity index (χ0v) is 19.1. The normalized spacial score (nSPS) is 15.5. The third kappa shape index (κ3) is 6.26. The first-order valence-corrected chi connectivity index (χ1v) is 10.3. The van der Waals surface area contributed by atoms with E-state index in [0.717, 1.165) is 4.90 Å². The van der Waals surface area contributed by atoms with Gasteiger partial charge in [-0.05, 0) is 57.9 Å². The summed E-state index contributed by atoms with van der Waals surface area (Å²) in [6, 6.07) is 4.10. The summed E-state index contributed by atoms with van der Waals surface area (Å²) in [5.74, 6) is -2.76. The van der Waals surface area contributed by atoms with Crippen LogP contribution >= 0.6 is 0 Å². The molecule has 0 radical (unpaired) electrons. The maximum absolute atomic E-state index is 12.7. The molecule has 2 atom stereocenters. The lowest BCUT2D eigenvalue weighted by atomic mass is 10.0. The van der Waals surface area contributed by atoms with Crippen molar-refractivity contribution < 1.29 is 28.7 Å². The summed E-state index contributed by atoms with van der Waals surface area (Å²) < 4.78 is 5.26. The van der Waals surface area contributed by atoms with Crippen molar-refractivity contribution in [1.82, 2.24) is 10.6 Å². The number of nitrogens with zero attached hydrogens (tertiary/aromatic N) is 1. The van der Waals surface area contributed by atoms with Crippen LogP contribution < -0.4 is 15.5 Å². The first-order chi connectivity index (χ1) is 14.8. The predicted molar refractivity (Wildman–Crippen MR) is 118 cm³/mol. The van der Waals surface area contributed by atoms with Crippen LogP contribution in [-0.4, -0.2) is 47.3 Å². The van der Waals surface area contributed by atoms with Gasteiger partial charge >= 0.3 is 5.97 Å². The molecule has 0 saturated carbocycles. The molecule has 172 valence electrons. The highest BCUT2D eigenvalue weighted by molar-refractivity contribution is 6.28. The molecule has 0 fully saturated rings. The molecule has 9 nitrogen and oxygen atoms in total. The number of hydrogen-bond donors (Lipinski definition) is 2. The molecule has 1 aromatic rings. The molecular formula is C23H29N3O6. The van der Waals surface area contributed by atoms with E-state index >= 15 is 0 Å². The topological polar surface area (TPSA) is 122 Å². The summed E-state index contributed by atoms with van der Waals surface area (Å²) in [4.78, 5) is 62.1. The number of imide groups is 1. The van der Waals surface area contributed by atoms with Gasteiger partial charge in [-0.1, -0.05) is 13.8 Å². The monoisotopic (exact) mass is 443 g/mol. The van der Waals surface area contributed by atoms with Crippen LogP contribution in [0.1, 0.15) is 51.9 Å². The summed E-state index contributed by atoms with van der Waals surface area (Å²) in [6.45, 7) is 10.2. The van der Waals surface area contributed by atoms with Gasteiger partial charge in [0, 0.05) is 17.7 Å². The van der Waals surface area contributed by atoms with E-state index in [-0.39, 0.29) is 11.5 Å². The van der Waals surface area contributed by atoms with Gasteiger partial charge in [-0.2, -0.15) is 0 Å². The van der Waals surface area contributed by atoms with Crippen molar-refractivity contribution >= 4 is 35.3 Å². The smallest absolute Gasteiger partial charge is 0.328 e. The van der Waals surface area contributed by atoms with Gasteiger partial charge in [0.25, 0.3) is 17.7 Å². The zero-order valence-electron chi connectivity index (χ0n) is 19.1. The lowest BCUT2D eigenvalue weighted by Crippen LogP contribution is -2.53. The van der Waals surface area contributed by atoms with Gasteiger partial charge in [-0.15, -0.1) is 0 Å². The number of carbonyl (C=O) groups is 5. The minimum absolute atomic E-state index is 0.249. The first kappa shape index (κ1) is 24.8. The maximum Gasteiger partial charge on any atom is 0.328 e. The number of ether oxygens (including phenoxy) is 1. The van der Waals surface area contributed by atoms with Crippen LogP contribution in [-0.2, 0) is 23.9 Å². The fourth-order valence-electron chi connectivity index (χ4n) is 2.93. The zero-order chi connectivity index (χ0) is 24.2. The number of anilines is 1. The molecule has 1 aliphatic heterocycles. The van der Waals surface area contributed by atoms with Gasteiger partial charge in [0.05, 0.1) is 5.69 Å². The van der Waals surface area contributed by atoms with E-state index in [4.69, 9.17) is 4.74 Å². The van der Waals surface area contributed by atoms with Gasteiger partial charge in [-0.3, -0.25) is 19.2 Å². The van der Waals surface area contributed by atoms with E-state index in [1.807, 2.05) is 0 Å². The van der Waals surface area contributed by atoms with E-state index in [9.17, 15) is 24.0 Å². The van der Waals surface area contributed by atoms with Crippen LogP contribution in [0, 0.1) is 5.92 Å². The van der Waals surface area contributed by atoms with Crippen molar-refractivity contribution in [1.29, 1.82) is 0 Å². The predicted octanol–water partition coefficient (Wildman–Crippen LogP) is 1.72. The van der Waals surface area contributed by atoms with Crippen LogP contribution in [0.5, 0.6) is 0 Å². The minimum atomic E-state index is -0.891. The number of hydrogen-bond acceptors (Lipinski definition) is 6. The molecule has 32 heavy (non-hydrogen) atoms. The van der Waals surface area contributed by atoms with Crippen LogP contribution in [0.4, 0.5) is 5.69 Å². The molecule has 2 rings (SSSR count). The van der Waals surface area contributed by atoms with Crippen LogP contribution in [0.3, 0.4) is 0 Å². The summed E-state index contributed by atoms with van der Waals surface area (Å²) in [7, 11) is 0. The SMILES string of the molecule is CC(NC(=O)[C@@H](NC(=O)c1ccc(N2C(=O)C=CC2=O)cc1)C(C)C)C(=O)OC(C)(C)C.